The number of aromatic nitrogens is 3. The summed E-state index contributed by atoms with van der Waals surface area (Å²) in [5, 5.41) is 11.8. The van der Waals surface area contributed by atoms with Gasteiger partial charge in [-0.3, -0.25) is 9.69 Å². The summed E-state index contributed by atoms with van der Waals surface area (Å²) < 4.78 is 34.1. The van der Waals surface area contributed by atoms with Gasteiger partial charge >= 0.3 is 18.1 Å². The smallest absolute Gasteiger partial charge is 0.410 e. The second kappa shape index (κ2) is 16.2. The fraction of sp³-hybridized carbons (Fsp3) is 0.419. The molecule has 0 radical (unpaired) electrons. The van der Waals surface area contributed by atoms with Crippen molar-refractivity contribution in [2.24, 2.45) is 12.5 Å². The third-order valence-corrected chi connectivity index (χ3v) is 10.6. The molecule has 2 saturated heterocycles. The fourth-order valence-corrected chi connectivity index (χ4v) is 7.52. The molecule has 0 N–H and O–H groups in total. The number of piperazine rings is 1. The van der Waals surface area contributed by atoms with Crippen molar-refractivity contribution in [3.63, 3.8) is 0 Å². The highest BCUT2D eigenvalue weighted by Gasteiger charge is 2.35. The molecule has 0 unspecified atom stereocenters. The molecule has 0 saturated carbocycles. The molecule has 0 spiro atoms. The van der Waals surface area contributed by atoms with E-state index < -0.39 is 23.7 Å². The van der Waals surface area contributed by atoms with Crippen LogP contribution in [0.3, 0.4) is 0 Å². The summed E-state index contributed by atoms with van der Waals surface area (Å²) >= 11 is 0. The lowest BCUT2D eigenvalue weighted by atomic mass is 9.97. The van der Waals surface area contributed by atoms with E-state index in [4.69, 9.17) is 24.2 Å². The average molecular weight is 762 g/mol. The number of alkyl halides is 1. The first-order valence-corrected chi connectivity index (χ1v) is 19.0. The van der Waals surface area contributed by atoms with Crippen molar-refractivity contribution in [3.05, 3.63) is 89.6 Å². The number of likely N-dealkylation sites (N-methyl/N-ethyl adjacent to an activating group) is 1. The largest absolute Gasteiger partial charge is 0.462 e. The molecular weight excluding hydrogens is 714 g/mol. The molecule has 1 amide bonds. The summed E-state index contributed by atoms with van der Waals surface area (Å²) in [7, 11) is 3.83. The molecule has 2 aromatic heterocycles. The van der Waals surface area contributed by atoms with Gasteiger partial charge in [-0.15, -0.1) is 0 Å². The number of nitriles is 1. The first-order valence-electron chi connectivity index (χ1n) is 19.0. The van der Waals surface area contributed by atoms with E-state index >= 15 is 0 Å². The summed E-state index contributed by atoms with van der Waals surface area (Å²) in [6.07, 6.45) is 1.56. The molecule has 2 aliphatic rings. The molecule has 292 valence electrons. The van der Waals surface area contributed by atoms with Crippen molar-refractivity contribution in [2.45, 2.75) is 64.9 Å². The Labute approximate surface area is 326 Å². The van der Waals surface area contributed by atoms with Gasteiger partial charge in [0.2, 0.25) is 0 Å². The Hall–Kier alpha value is -5.74. The second-order valence-electron chi connectivity index (χ2n) is 15.8. The lowest BCUT2D eigenvalue weighted by Crippen LogP contribution is -2.55. The highest BCUT2D eigenvalue weighted by molar-refractivity contribution is 5.92. The van der Waals surface area contributed by atoms with Crippen LogP contribution in [-0.2, 0) is 29.6 Å². The number of fused-ring (bicyclic) bond motifs is 2. The third-order valence-electron chi connectivity index (χ3n) is 10.6. The summed E-state index contributed by atoms with van der Waals surface area (Å²) in [6.45, 7) is 7.24. The van der Waals surface area contributed by atoms with Crippen LogP contribution in [0.2, 0.25) is 0 Å². The van der Waals surface area contributed by atoms with Crippen LogP contribution in [0.4, 0.5) is 15.0 Å². The van der Waals surface area contributed by atoms with Crippen LogP contribution >= 0.6 is 0 Å². The van der Waals surface area contributed by atoms with Gasteiger partial charge < -0.3 is 28.6 Å². The monoisotopic (exact) mass is 761 g/mol. The lowest BCUT2D eigenvalue weighted by Gasteiger charge is -2.40. The van der Waals surface area contributed by atoms with E-state index in [0.29, 0.717) is 56.1 Å². The van der Waals surface area contributed by atoms with Gasteiger partial charge in [0.25, 0.3) is 0 Å². The summed E-state index contributed by atoms with van der Waals surface area (Å²) in [4.78, 5) is 41.9. The normalized spacial score (nSPS) is 19.0. The number of halogens is 1. The molecule has 12 nitrogen and oxygen atoms in total. The Morgan fingerprint density at radius 2 is 1.73 bits per heavy atom. The molecule has 2 fully saturated rings. The number of esters is 1. The van der Waals surface area contributed by atoms with Crippen molar-refractivity contribution in [3.8, 4) is 17.8 Å². The number of aryl methyl sites for hydroxylation is 1. The molecule has 13 heteroatoms. The number of amides is 1. The summed E-state index contributed by atoms with van der Waals surface area (Å²) in [5.41, 5.74) is 3.50. The molecule has 0 aliphatic carbocycles. The number of hydrogen-bond donors (Lipinski definition) is 0. The Balaban J connectivity index is 1.23. The summed E-state index contributed by atoms with van der Waals surface area (Å²) in [5.74, 6) is 0.753. The van der Waals surface area contributed by atoms with Gasteiger partial charge in [-0.1, -0.05) is 54.6 Å². The number of carbonyl (C=O) groups excluding carboxylic acids is 2. The SMILES string of the molecule is CN1C[C@H](F)C[C@H]1COc1nc(N2CCN(C(=O)OCc3ccccc3)[C@@H](CC#N)C2)c2c(n1)c(Cc1cc(OC(=O)C(C)(C)C)cc3ccccc13)cn2C. The highest BCUT2D eigenvalue weighted by Crippen LogP contribution is 2.35. The van der Waals surface area contributed by atoms with Crippen LogP contribution in [0.5, 0.6) is 11.8 Å². The minimum atomic E-state index is -0.922. The molecule has 3 aromatic carbocycles. The molecule has 5 aromatic rings. The van der Waals surface area contributed by atoms with E-state index in [1.54, 1.807) is 4.90 Å². The average Bonchev–Trinajstić information content (AvgIpc) is 3.67. The van der Waals surface area contributed by atoms with Crippen LogP contribution in [0.15, 0.2) is 72.9 Å². The fourth-order valence-electron chi connectivity index (χ4n) is 7.52. The highest BCUT2D eigenvalue weighted by atomic mass is 19.1. The molecule has 0 bridgehead atoms. The van der Waals surface area contributed by atoms with E-state index in [0.717, 1.165) is 33.0 Å². The zero-order chi connectivity index (χ0) is 39.6. The zero-order valence-corrected chi connectivity index (χ0v) is 32.6. The van der Waals surface area contributed by atoms with Gasteiger partial charge in [0.05, 0.1) is 23.9 Å². The van der Waals surface area contributed by atoms with Crippen LogP contribution in [0, 0.1) is 16.7 Å². The van der Waals surface area contributed by atoms with Crippen LogP contribution in [-0.4, -0.2) is 94.5 Å². The van der Waals surface area contributed by atoms with Crippen LogP contribution in [0.1, 0.15) is 50.3 Å². The summed E-state index contributed by atoms with van der Waals surface area (Å²) in [6, 6.07) is 23.1. The van der Waals surface area contributed by atoms with E-state index in [9.17, 15) is 19.2 Å². The topological polar surface area (TPSA) is 126 Å². The molecule has 3 atom stereocenters. The van der Waals surface area contributed by atoms with Gasteiger partial charge in [0, 0.05) is 57.4 Å². The predicted octanol–water partition coefficient (Wildman–Crippen LogP) is 6.83. The Morgan fingerprint density at radius 3 is 2.46 bits per heavy atom. The number of benzene rings is 3. The van der Waals surface area contributed by atoms with E-state index in [1.807, 2.05) is 111 Å². The Bertz CT molecular complexity index is 2270. The quantitative estimate of drug-likeness (QED) is 0.111. The molecular formula is C43H48FN7O5. The van der Waals surface area contributed by atoms with E-state index in [2.05, 4.69) is 17.0 Å². The molecule has 56 heavy (non-hydrogen) atoms. The number of anilines is 1. The van der Waals surface area contributed by atoms with Gasteiger partial charge in [-0.05, 0) is 68.3 Å². The van der Waals surface area contributed by atoms with Gasteiger partial charge in [-0.25, -0.2) is 9.18 Å². The number of rotatable bonds is 10. The maximum absolute atomic E-state index is 14.3. The van der Waals surface area contributed by atoms with Crippen LogP contribution in [0.25, 0.3) is 21.8 Å². The zero-order valence-electron chi connectivity index (χ0n) is 32.6. The molecule has 7 rings (SSSR count). The van der Waals surface area contributed by atoms with Crippen LogP contribution < -0.4 is 14.4 Å². The molecule has 4 heterocycles. The first-order chi connectivity index (χ1) is 26.9. The maximum Gasteiger partial charge on any atom is 0.410 e. The number of likely N-dealkylation sites (tertiary alicyclic amines) is 1. The number of nitrogens with zero attached hydrogens (tertiary/aromatic N) is 7. The van der Waals surface area contributed by atoms with Crippen molar-refractivity contribution in [2.75, 3.05) is 44.7 Å². The van der Waals surface area contributed by atoms with E-state index in [1.165, 1.54) is 0 Å². The minimum absolute atomic E-state index is 0.106. The van der Waals surface area contributed by atoms with Crippen molar-refractivity contribution in [1.29, 1.82) is 5.26 Å². The molecule has 2 aliphatic heterocycles. The minimum Gasteiger partial charge on any atom is -0.462 e. The second-order valence-corrected chi connectivity index (χ2v) is 15.8. The number of carbonyl (C=O) groups is 2. The third kappa shape index (κ3) is 8.40. The standard InChI is InChI=1S/C43H48FN7O5/c1-43(2,3)40(52)56-35-20-29-13-9-10-14-36(29)30(21-35)19-31-23-49(5)38-37(31)46-41(54-27-34-22-32(44)24-48(34)4)47-39(38)50-17-18-51(33(25-50)15-16-45)42(53)55-26-28-11-7-6-8-12-28/h6-14,20-21,23,32-34H,15,17-19,22,24-27H2,1-5H3/t32-,33+,34+/m1/s1. The van der Waals surface area contributed by atoms with E-state index in [-0.39, 0.29) is 37.7 Å². The van der Waals surface area contributed by atoms with Crippen molar-refractivity contribution in [1.82, 2.24) is 24.3 Å². The Kier molecular flexibility index (Phi) is 11.1. The first kappa shape index (κ1) is 38.5. The van der Waals surface area contributed by atoms with Gasteiger partial charge in [-0.2, -0.15) is 15.2 Å². The number of hydrogen-bond acceptors (Lipinski definition) is 10. The van der Waals surface area contributed by atoms with Crippen molar-refractivity contribution >= 4 is 39.7 Å². The van der Waals surface area contributed by atoms with Gasteiger partial charge in [0.15, 0.2) is 5.82 Å². The van der Waals surface area contributed by atoms with Gasteiger partial charge in [0.1, 0.15) is 36.2 Å². The number of ether oxygens (including phenoxy) is 3. The maximum atomic E-state index is 14.3. The predicted molar refractivity (Wildman–Crippen MR) is 211 cm³/mol. The lowest BCUT2D eigenvalue weighted by molar-refractivity contribution is -0.142. The Morgan fingerprint density at radius 1 is 0.964 bits per heavy atom. The van der Waals surface area contributed by atoms with Crippen molar-refractivity contribution < 1.29 is 28.2 Å².